The predicted octanol–water partition coefficient (Wildman–Crippen LogP) is 3.17. The molecule has 0 radical (unpaired) electrons. The third-order valence-electron chi connectivity index (χ3n) is 3.46. The molecule has 0 aliphatic rings. The van der Waals surface area contributed by atoms with Crippen LogP contribution < -0.4 is 24.3 Å². The van der Waals surface area contributed by atoms with Crippen LogP contribution in [0, 0.1) is 0 Å². The van der Waals surface area contributed by atoms with Gasteiger partial charge in [0.15, 0.2) is 18.1 Å². The molecular weight excluding hydrogens is 390 g/mol. The van der Waals surface area contributed by atoms with Crippen LogP contribution in [0.25, 0.3) is 0 Å². The number of para-hydroxylation sites is 1. The van der Waals surface area contributed by atoms with E-state index >= 15 is 0 Å². The molecule has 0 saturated heterocycles. The number of rotatable bonds is 8. The van der Waals surface area contributed by atoms with Gasteiger partial charge in [-0.3, -0.25) is 4.79 Å². The van der Waals surface area contributed by atoms with E-state index in [4.69, 9.17) is 18.9 Å². The van der Waals surface area contributed by atoms with Gasteiger partial charge in [-0.2, -0.15) is 0 Å². The van der Waals surface area contributed by atoms with E-state index in [1.165, 1.54) is 0 Å². The number of benzene rings is 2. The van der Waals surface area contributed by atoms with Crippen molar-refractivity contribution < 1.29 is 23.7 Å². The van der Waals surface area contributed by atoms with Crippen molar-refractivity contribution in [3.05, 3.63) is 46.4 Å². The molecule has 0 bridgehead atoms. The van der Waals surface area contributed by atoms with E-state index < -0.39 is 0 Å². The number of amides is 1. The number of hydrogen-bond donors (Lipinski definition) is 1. The number of carbonyl (C=O) groups is 1. The fourth-order valence-electron chi connectivity index (χ4n) is 2.18. The van der Waals surface area contributed by atoms with E-state index in [2.05, 4.69) is 21.2 Å². The fourth-order valence-corrected chi connectivity index (χ4v) is 2.58. The Morgan fingerprint density at radius 1 is 0.960 bits per heavy atom. The second-order valence-electron chi connectivity index (χ2n) is 5.01. The van der Waals surface area contributed by atoms with Gasteiger partial charge in [-0.05, 0) is 34.1 Å². The molecule has 0 atom stereocenters. The summed E-state index contributed by atoms with van der Waals surface area (Å²) in [5.74, 6) is 2.10. The first-order valence-corrected chi connectivity index (χ1v) is 8.31. The molecule has 0 saturated carbocycles. The lowest BCUT2D eigenvalue weighted by molar-refractivity contribution is -0.123. The summed E-state index contributed by atoms with van der Waals surface area (Å²) in [6, 6.07) is 10.8. The molecule has 2 aromatic carbocycles. The lowest BCUT2D eigenvalue weighted by atomic mass is 10.1. The molecule has 7 heteroatoms. The maximum absolute atomic E-state index is 12.0. The highest BCUT2D eigenvalue weighted by Gasteiger charge is 2.13. The van der Waals surface area contributed by atoms with Crippen LogP contribution in [0.3, 0.4) is 0 Å². The van der Waals surface area contributed by atoms with Crippen molar-refractivity contribution in [2.45, 2.75) is 6.54 Å². The molecule has 0 unspecified atom stereocenters. The van der Waals surface area contributed by atoms with Crippen LogP contribution in [0.1, 0.15) is 5.56 Å². The number of ether oxygens (including phenoxy) is 4. The first kappa shape index (κ1) is 18.9. The Labute approximate surface area is 155 Å². The predicted molar refractivity (Wildman–Crippen MR) is 97.6 cm³/mol. The van der Waals surface area contributed by atoms with Gasteiger partial charge in [0.05, 0.1) is 25.8 Å². The fraction of sp³-hybridized carbons (Fsp3) is 0.278. The van der Waals surface area contributed by atoms with Crippen LogP contribution >= 0.6 is 15.9 Å². The van der Waals surface area contributed by atoms with Gasteiger partial charge in [0, 0.05) is 18.2 Å². The molecule has 2 aromatic rings. The normalized spacial score (nSPS) is 10.1. The minimum atomic E-state index is -0.243. The standard InChI is InChI=1S/C18H20BrNO5/c1-22-15-9-17(24-3)16(23-2)8-12(15)10-20-18(21)11-25-14-7-5-4-6-13(14)19/h4-9H,10-11H2,1-3H3,(H,20,21). The summed E-state index contributed by atoms with van der Waals surface area (Å²) in [4.78, 5) is 12.0. The smallest absolute Gasteiger partial charge is 0.258 e. The summed E-state index contributed by atoms with van der Waals surface area (Å²) >= 11 is 3.37. The minimum Gasteiger partial charge on any atom is -0.496 e. The summed E-state index contributed by atoms with van der Waals surface area (Å²) in [5.41, 5.74) is 0.773. The zero-order valence-electron chi connectivity index (χ0n) is 14.3. The average molecular weight is 410 g/mol. The average Bonchev–Trinajstić information content (AvgIpc) is 2.64. The Balaban J connectivity index is 1.98. The third kappa shape index (κ3) is 5.03. The molecule has 0 heterocycles. The van der Waals surface area contributed by atoms with Crippen LogP contribution in [-0.4, -0.2) is 33.8 Å². The van der Waals surface area contributed by atoms with Crippen LogP contribution in [0.4, 0.5) is 0 Å². The highest BCUT2D eigenvalue weighted by atomic mass is 79.9. The third-order valence-corrected chi connectivity index (χ3v) is 4.11. The van der Waals surface area contributed by atoms with Crippen molar-refractivity contribution in [3.8, 4) is 23.0 Å². The lowest BCUT2D eigenvalue weighted by Gasteiger charge is -2.15. The Hall–Kier alpha value is -2.41. The molecule has 0 aliphatic carbocycles. The number of hydrogen-bond acceptors (Lipinski definition) is 5. The Kier molecular flexibility index (Phi) is 6.94. The van der Waals surface area contributed by atoms with Crippen LogP contribution in [-0.2, 0) is 11.3 Å². The minimum absolute atomic E-state index is 0.0851. The molecule has 2 rings (SSSR count). The number of carbonyl (C=O) groups excluding carboxylic acids is 1. The van der Waals surface area contributed by atoms with Gasteiger partial charge in [0.25, 0.3) is 5.91 Å². The quantitative estimate of drug-likeness (QED) is 0.725. The second kappa shape index (κ2) is 9.17. The number of halogens is 1. The monoisotopic (exact) mass is 409 g/mol. The van der Waals surface area contributed by atoms with Crippen molar-refractivity contribution in [1.82, 2.24) is 5.32 Å². The van der Waals surface area contributed by atoms with E-state index in [9.17, 15) is 4.79 Å². The summed E-state index contributed by atoms with van der Waals surface area (Å²) < 4.78 is 22.1. The molecule has 0 spiro atoms. The molecular formula is C18H20BrNO5. The zero-order valence-corrected chi connectivity index (χ0v) is 15.9. The molecule has 6 nitrogen and oxygen atoms in total. The molecule has 0 aromatic heterocycles. The van der Waals surface area contributed by atoms with Crippen LogP contribution in [0.15, 0.2) is 40.9 Å². The van der Waals surface area contributed by atoms with Gasteiger partial charge >= 0.3 is 0 Å². The highest BCUT2D eigenvalue weighted by Crippen LogP contribution is 2.34. The molecule has 134 valence electrons. The number of methoxy groups -OCH3 is 3. The Morgan fingerprint density at radius 3 is 2.24 bits per heavy atom. The lowest BCUT2D eigenvalue weighted by Crippen LogP contribution is -2.28. The van der Waals surface area contributed by atoms with Crippen molar-refractivity contribution in [3.63, 3.8) is 0 Å². The van der Waals surface area contributed by atoms with E-state index in [0.29, 0.717) is 23.0 Å². The maximum Gasteiger partial charge on any atom is 0.258 e. The van der Waals surface area contributed by atoms with E-state index in [1.807, 2.05) is 18.2 Å². The van der Waals surface area contributed by atoms with Gasteiger partial charge < -0.3 is 24.3 Å². The SMILES string of the molecule is COc1cc(OC)c(OC)cc1CNC(=O)COc1ccccc1Br. The van der Waals surface area contributed by atoms with Crippen LogP contribution in [0.5, 0.6) is 23.0 Å². The van der Waals surface area contributed by atoms with E-state index in [0.717, 1.165) is 10.0 Å². The molecule has 0 aliphatic heterocycles. The molecule has 1 N–H and O–H groups in total. The van der Waals surface area contributed by atoms with Crippen molar-refractivity contribution in [2.75, 3.05) is 27.9 Å². The van der Waals surface area contributed by atoms with Gasteiger partial charge in [-0.25, -0.2) is 0 Å². The van der Waals surface area contributed by atoms with Gasteiger partial charge in [0.1, 0.15) is 11.5 Å². The van der Waals surface area contributed by atoms with Crippen molar-refractivity contribution in [2.24, 2.45) is 0 Å². The molecule has 25 heavy (non-hydrogen) atoms. The van der Waals surface area contributed by atoms with E-state index in [-0.39, 0.29) is 19.1 Å². The van der Waals surface area contributed by atoms with Gasteiger partial charge in [0.2, 0.25) is 0 Å². The highest BCUT2D eigenvalue weighted by molar-refractivity contribution is 9.10. The van der Waals surface area contributed by atoms with Crippen molar-refractivity contribution >= 4 is 21.8 Å². The molecule has 1 amide bonds. The van der Waals surface area contributed by atoms with Crippen LogP contribution in [0.2, 0.25) is 0 Å². The maximum atomic E-state index is 12.0. The Morgan fingerprint density at radius 2 is 1.60 bits per heavy atom. The largest absolute Gasteiger partial charge is 0.496 e. The van der Waals surface area contributed by atoms with Gasteiger partial charge in [-0.1, -0.05) is 12.1 Å². The zero-order chi connectivity index (χ0) is 18.2. The second-order valence-corrected chi connectivity index (χ2v) is 5.87. The Bertz CT molecular complexity index is 735. The van der Waals surface area contributed by atoms with Crippen molar-refractivity contribution in [1.29, 1.82) is 0 Å². The first-order valence-electron chi connectivity index (χ1n) is 7.52. The summed E-state index contributed by atoms with van der Waals surface area (Å²) in [6.07, 6.45) is 0. The van der Waals surface area contributed by atoms with Gasteiger partial charge in [-0.15, -0.1) is 0 Å². The number of nitrogens with one attached hydrogen (secondary N) is 1. The topological polar surface area (TPSA) is 66.0 Å². The summed E-state index contributed by atoms with van der Waals surface area (Å²) in [7, 11) is 4.67. The summed E-state index contributed by atoms with van der Waals surface area (Å²) in [5, 5.41) is 2.80. The van der Waals surface area contributed by atoms with E-state index in [1.54, 1.807) is 39.5 Å². The summed E-state index contributed by atoms with van der Waals surface area (Å²) in [6.45, 7) is 0.194. The first-order chi connectivity index (χ1) is 12.1. The molecule has 0 fully saturated rings.